The van der Waals surface area contributed by atoms with Gasteiger partial charge < -0.3 is 16.0 Å². The zero-order chi connectivity index (χ0) is 14.8. The van der Waals surface area contributed by atoms with Crippen LogP contribution in [0.5, 0.6) is 0 Å². The molecule has 1 aromatic rings. The van der Waals surface area contributed by atoms with E-state index in [-0.39, 0.29) is 0 Å². The second-order valence-electron chi connectivity index (χ2n) is 6.18. The number of nitrogens with one attached hydrogen (secondary N) is 1. The minimum absolute atomic E-state index is 0.442. The smallest absolute Gasteiger partial charge is 0.248 e. The molecule has 0 radical (unpaired) electrons. The first-order valence-corrected chi connectivity index (χ1v) is 8.04. The Hall–Kier alpha value is -1.10. The summed E-state index contributed by atoms with van der Waals surface area (Å²) in [5.74, 6) is 0.303. The summed E-state index contributed by atoms with van der Waals surface area (Å²) in [6, 6.07) is 6.13. The van der Waals surface area contributed by atoms with Crippen LogP contribution >= 0.6 is 11.6 Å². The first kappa shape index (κ1) is 14.8. The third-order valence-electron chi connectivity index (χ3n) is 4.47. The van der Waals surface area contributed by atoms with Gasteiger partial charge in [-0.25, -0.2) is 0 Å². The van der Waals surface area contributed by atoms with Crippen LogP contribution in [-0.2, 0) is 6.54 Å². The van der Waals surface area contributed by atoms with Crippen LogP contribution in [0.1, 0.15) is 35.2 Å². The van der Waals surface area contributed by atoms with Gasteiger partial charge in [0.15, 0.2) is 0 Å². The zero-order valence-corrected chi connectivity index (χ0v) is 12.9. The number of rotatable bonds is 6. The molecule has 4 nitrogen and oxygen atoms in total. The number of carbonyl (C=O) groups excluding carboxylic acids is 1. The molecular weight excluding hydrogens is 286 g/mol. The van der Waals surface area contributed by atoms with Crippen molar-refractivity contribution < 1.29 is 4.79 Å². The zero-order valence-electron chi connectivity index (χ0n) is 12.1. The van der Waals surface area contributed by atoms with Gasteiger partial charge >= 0.3 is 0 Å². The maximum atomic E-state index is 11.1. The number of nitrogens with two attached hydrogens (primary N) is 1. The van der Waals surface area contributed by atoms with Crippen LogP contribution in [0.4, 0.5) is 0 Å². The van der Waals surface area contributed by atoms with Crippen molar-refractivity contribution in [3.63, 3.8) is 0 Å². The Morgan fingerprint density at radius 2 is 2.19 bits per heavy atom. The van der Waals surface area contributed by atoms with Crippen molar-refractivity contribution in [3.8, 4) is 0 Å². The largest absolute Gasteiger partial charge is 0.366 e. The van der Waals surface area contributed by atoms with E-state index < -0.39 is 5.91 Å². The van der Waals surface area contributed by atoms with E-state index in [2.05, 4.69) is 10.2 Å². The van der Waals surface area contributed by atoms with Crippen LogP contribution in [0, 0.1) is 5.92 Å². The molecule has 1 saturated carbocycles. The van der Waals surface area contributed by atoms with Crippen molar-refractivity contribution in [2.45, 2.75) is 31.8 Å². The second kappa shape index (κ2) is 6.34. The van der Waals surface area contributed by atoms with Crippen molar-refractivity contribution in [2.75, 3.05) is 19.6 Å². The highest BCUT2D eigenvalue weighted by molar-refractivity contribution is 6.31. The Morgan fingerprint density at radius 1 is 1.38 bits per heavy atom. The number of benzene rings is 1. The summed E-state index contributed by atoms with van der Waals surface area (Å²) in [6.45, 7) is 4.24. The van der Waals surface area contributed by atoms with E-state index in [1.165, 1.54) is 32.4 Å². The Kier molecular flexibility index (Phi) is 4.48. The molecule has 1 heterocycles. The number of primary amides is 1. The summed E-state index contributed by atoms with van der Waals surface area (Å²) in [5.41, 5.74) is 6.71. The van der Waals surface area contributed by atoms with Gasteiger partial charge in [-0.05, 0) is 56.0 Å². The number of hydrogen-bond donors (Lipinski definition) is 2. The molecule has 3 rings (SSSR count). The molecule has 2 aliphatic rings. The standard InChI is InChI=1S/C16H22ClN3O/c17-15-7-12(16(18)21)1-2-13(15)9-19-8-11-5-6-20(10-11)14-3-4-14/h1-2,7,11,14,19H,3-6,8-10H2,(H2,18,21). The number of nitrogens with zero attached hydrogens (tertiary/aromatic N) is 1. The average Bonchev–Trinajstić information content (AvgIpc) is 3.20. The van der Waals surface area contributed by atoms with Crippen molar-refractivity contribution in [1.29, 1.82) is 0 Å². The minimum atomic E-state index is -0.442. The number of likely N-dealkylation sites (tertiary alicyclic amines) is 1. The molecule has 1 saturated heterocycles. The number of amides is 1. The molecule has 5 heteroatoms. The lowest BCUT2D eigenvalue weighted by atomic mass is 10.1. The van der Waals surface area contributed by atoms with Crippen LogP contribution in [0.2, 0.25) is 5.02 Å². The van der Waals surface area contributed by atoms with Crippen molar-refractivity contribution in [1.82, 2.24) is 10.2 Å². The highest BCUT2D eigenvalue weighted by Gasteiger charge is 2.33. The lowest BCUT2D eigenvalue weighted by molar-refractivity contribution is 0.100. The number of hydrogen-bond acceptors (Lipinski definition) is 3. The van der Waals surface area contributed by atoms with Gasteiger partial charge in [-0.15, -0.1) is 0 Å². The van der Waals surface area contributed by atoms with Crippen molar-refractivity contribution in [3.05, 3.63) is 34.3 Å². The third kappa shape index (κ3) is 3.76. The number of halogens is 1. The van der Waals surface area contributed by atoms with E-state index in [0.717, 1.165) is 30.6 Å². The molecule has 0 spiro atoms. The molecule has 2 fully saturated rings. The van der Waals surface area contributed by atoms with Gasteiger partial charge in [0.1, 0.15) is 0 Å². The Bertz CT molecular complexity index is 530. The normalized spacial score (nSPS) is 22.6. The minimum Gasteiger partial charge on any atom is -0.366 e. The summed E-state index contributed by atoms with van der Waals surface area (Å²) in [7, 11) is 0. The number of carbonyl (C=O) groups is 1. The van der Waals surface area contributed by atoms with Gasteiger partial charge in [-0.3, -0.25) is 4.79 Å². The fourth-order valence-corrected chi connectivity index (χ4v) is 3.30. The maximum Gasteiger partial charge on any atom is 0.248 e. The lowest BCUT2D eigenvalue weighted by Gasteiger charge is -2.15. The second-order valence-corrected chi connectivity index (χ2v) is 6.59. The highest BCUT2D eigenvalue weighted by Crippen LogP contribution is 2.31. The highest BCUT2D eigenvalue weighted by atomic mass is 35.5. The SMILES string of the molecule is NC(=O)c1ccc(CNCC2CCN(C3CC3)C2)c(Cl)c1. The average molecular weight is 308 g/mol. The van der Waals surface area contributed by atoms with Crippen LogP contribution in [-0.4, -0.2) is 36.5 Å². The molecule has 1 aliphatic carbocycles. The van der Waals surface area contributed by atoms with Gasteiger partial charge in [-0.1, -0.05) is 17.7 Å². The Morgan fingerprint density at radius 3 is 2.86 bits per heavy atom. The summed E-state index contributed by atoms with van der Waals surface area (Å²) in [4.78, 5) is 13.7. The molecule has 114 valence electrons. The molecule has 1 unspecified atom stereocenters. The molecule has 21 heavy (non-hydrogen) atoms. The lowest BCUT2D eigenvalue weighted by Crippen LogP contribution is -2.27. The van der Waals surface area contributed by atoms with Crippen molar-refractivity contribution >= 4 is 17.5 Å². The predicted molar refractivity (Wildman–Crippen MR) is 84.4 cm³/mol. The van der Waals surface area contributed by atoms with Gasteiger partial charge in [0.25, 0.3) is 0 Å². The van der Waals surface area contributed by atoms with E-state index in [1.807, 2.05) is 6.07 Å². The molecular formula is C16H22ClN3O. The Balaban J connectivity index is 1.46. The van der Waals surface area contributed by atoms with E-state index in [1.54, 1.807) is 12.1 Å². The van der Waals surface area contributed by atoms with Gasteiger partial charge in [0, 0.05) is 29.7 Å². The monoisotopic (exact) mass is 307 g/mol. The topological polar surface area (TPSA) is 58.4 Å². The molecule has 0 bridgehead atoms. The molecule has 1 aliphatic heterocycles. The van der Waals surface area contributed by atoms with Crippen LogP contribution < -0.4 is 11.1 Å². The molecule has 1 atom stereocenters. The molecule has 1 aromatic carbocycles. The molecule has 3 N–H and O–H groups in total. The fraction of sp³-hybridized carbons (Fsp3) is 0.562. The molecule has 0 aromatic heterocycles. The summed E-state index contributed by atoms with van der Waals surface area (Å²) >= 11 is 6.19. The van der Waals surface area contributed by atoms with Gasteiger partial charge in [0.2, 0.25) is 5.91 Å². The van der Waals surface area contributed by atoms with Crippen LogP contribution in [0.3, 0.4) is 0 Å². The van der Waals surface area contributed by atoms with Gasteiger partial charge in [-0.2, -0.15) is 0 Å². The molecule has 1 amide bonds. The summed E-state index contributed by atoms with van der Waals surface area (Å²) < 4.78 is 0. The van der Waals surface area contributed by atoms with E-state index in [0.29, 0.717) is 10.6 Å². The Labute approximate surface area is 130 Å². The maximum absolute atomic E-state index is 11.1. The first-order chi connectivity index (χ1) is 10.1. The van der Waals surface area contributed by atoms with E-state index >= 15 is 0 Å². The van der Waals surface area contributed by atoms with Crippen molar-refractivity contribution in [2.24, 2.45) is 11.7 Å². The predicted octanol–water partition coefficient (Wildman–Crippen LogP) is 2.01. The summed E-state index contributed by atoms with van der Waals surface area (Å²) in [5, 5.41) is 4.09. The van der Waals surface area contributed by atoms with E-state index in [4.69, 9.17) is 17.3 Å². The van der Waals surface area contributed by atoms with E-state index in [9.17, 15) is 4.79 Å². The van der Waals surface area contributed by atoms with Crippen LogP contribution in [0.15, 0.2) is 18.2 Å². The summed E-state index contributed by atoms with van der Waals surface area (Å²) in [6.07, 6.45) is 4.07. The van der Waals surface area contributed by atoms with Gasteiger partial charge in [0.05, 0.1) is 0 Å². The fourth-order valence-electron chi connectivity index (χ4n) is 3.06. The quantitative estimate of drug-likeness (QED) is 0.845. The third-order valence-corrected chi connectivity index (χ3v) is 4.82. The van der Waals surface area contributed by atoms with Crippen LogP contribution in [0.25, 0.3) is 0 Å². The first-order valence-electron chi connectivity index (χ1n) is 7.66.